The van der Waals surface area contributed by atoms with Gasteiger partial charge in [0, 0.05) is 32.2 Å². The van der Waals surface area contributed by atoms with Gasteiger partial charge in [0.2, 0.25) is 0 Å². The highest BCUT2D eigenvalue weighted by Gasteiger charge is 2.17. The lowest BCUT2D eigenvalue weighted by Gasteiger charge is -2.31. The molecule has 0 bridgehead atoms. The summed E-state index contributed by atoms with van der Waals surface area (Å²) < 4.78 is 31.9. The maximum Gasteiger partial charge on any atom is 0.191 e. The van der Waals surface area contributed by atoms with Crippen LogP contribution in [0.3, 0.4) is 0 Å². The van der Waals surface area contributed by atoms with E-state index in [2.05, 4.69) is 27.4 Å². The Bertz CT molecular complexity index is 597. The second kappa shape index (κ2) is 12.5. The van der Waals surface area contributed by atoms with Crippen LogP contribution in [0, 0.1) is 11.6 Å². The van der Waals surface area contributed by atoms with Crippen molar-refractivity contribution >= 4 is 29.9 Å². The fraction of sp³-hybridized carbons (Fsp3) is 0.632. The Balaban J connectivity index is 0.00000364. The fourth-order valence-electron chi connectivity index (χ4n) is 2.89. The Hall–Kier alpha value is -1.00. The normalized spacial score (nSPS) is 17.7. The molecule has 0 aliphatic carbocycles. The summed E-state index contributed by atoms with van der Waals surface area (Å²) >= 11 is 0. The lowest BCUT2D eigenvalue weighted by atomic mass is 10.0. The molecule has 0 radical (unpaired) electrons. The van der Waals surface area contributed by atoms with Crippen LogP contribution in [0.4, 0.5) is 8.78 Å². The van der Waals surface area contributed by atoms with Crippen LogP contribution in [-0.4, -0.2) is 62.8 Å². The van der Waals surface area contributed by atoms with E-state index < -0.39 is 11.6 Å². The van der Waals surface area contributed by atoms with Gasteiger partial charge in [-0.05, 0) is 37.5 Å². The summed E-state index contributed by atoms with van der Waals surface area (Å²) in [5.74, 6) is -0.858. The van der Waals surface area contributed by atoms with Crippen molar-refractivity contribution in [3.8, 4) is 0 Å². The van der Waals surface area contributed by atoms with Gasteiger partial charge in [-0.2, -0.15) is 0 Å². The Morgan fingerprint density at radius 2 is 1.89 bits per heavy atom. The summed E-state index contributed by atoms with van der Waals surface area (Å²) in [5, 5.41) is 6.52. The average molecular weight is 496 g/mol. The van der Waals surface area contributed by atoms with Crippen LogP contribution in [0.25, 0.3) is 0 Å². The number of hydrogen-bond donors (Lipinski definition) is 2. The predicted molar refractivity (Wildman–Crippen MR) is 116 cm³/mol. The quantitative estimate of drug-likeness (QED) is 0.347. The van der Waals surface area contributed by atoms with Crippen molar-refractivity contribution < 1.29 is 13.5 Å². The molecule has 27 heavy (non-hydrogen) atoms. The number of aliphatic imine (C=N–C) groups is 1. The van der Waals surface area contributed by atoms with Crippen molar-refractivity contribution in [2.24, 2.45) is 4.99 Å². The van der Waals surface area contributed by atoms with Gasteiger partial charge in [-0.1, -0.05) is 13.0 Å². The van der Waals surface area contributed by atoms with E-state index in [1.54, 1.807) is 6.07 Å². The first-order chi connectivity index (χ1) is 12.5. The molecule has 0 amide bonds. The second-order valence-corrected chi connectivity index (χ2v) is 6.67. The number of morpholine rings is 1. The third-order valence-corrected chi connectivity index (χ3v) is 4.62. The Labute approximate surface area is 178 Å². The largest absolute Gasteiger partial charge is 0.379 e. The first-order valence-corrected chi connectivity index (χ1v) is 9.30. The molecule has 1 aromatic rings. The van der Waals surface area contributed by atoms with Gasteiger partial charge in [0.1, 0.15) is 0 Å². The lowest BCUT2D eigenvalue weighted by molar-refractivity contribution is 0.0220. The third-order valence-electron chi connectivity index (χ3n) is 4.62. The number of halogens is 3. The van der Waals surface area contributed by atoms with Crippen LogP contribution in [0.1, 0.15) is 32.3 Å². The molecule has 2 unspecified atom stereocenters. The number of hydrogen-bond acceptors (Lipinski definition) is 3. The molecule has 1 fully saturated rings. The third kappa shape index (κ3) is 7.87. The first-order valence-electron chi connectivity index (χ1n) is 9.30. The van der Waals surface area contributed by atoms with Crippen molar-refractivity contribution in [2.75, 3.05) is 45.9 Å². The molecule has 8 heteroatoms. The van der Waals surface area contributed by atoms with Crippen LogP contribution in [0.5, 0.6) is 0 Å². The van der Waals surface area contributed by atoms with E-state index in [0.717, 1.165) is 44.4 Å². The number of nitrogens with zero attached hydrogens (tertiary/aromatic N) is 2. The number of guanidine groups is 1. The monoisotopic (exact) mass is 496 g/mol. The van der Waals surface area contributed by atoms with E-state index >= 15 is 0 Å². The van der Waals surface area contributed by atoms with Crippen LogP contribution in [-0.2, 0) is 4.74 Å². The van der Waals surface area contributed by atoms with Gasteiger partial charge in [0.15, 0.2) is 17.6 Å². The van der Waals surface area contributed by atoms with Gasteiger partial charge in [-0.15, -0.1) is 24.0 Å². The van der Waals surface area contributed by atoms with Crippen molar-refractivity contribution in [1.82, 2.24) is 15.5 Å². The van der Waals surface area contributed by atoms with Crippen LogP contribution in [0.15, 0.2) is 23.2 Å². The molecular formula is C19H31F2IN4O. The Morgan fingerprint density at radius 1 is 1.19 bits per heavy atom. The minimum Gasteiger partial charge on any atom is -0.379 e. The van der Waals surface area contributed by atoms with E-state index in [0.29, 0.717) is 19.1 Å². The molecule has 1 aliphatic heterocycles. The highest BCUT2D eigenvalue weighted by atomic mass is 127. The molecule has 0 aromatic heterocycles. The predicted octanol–water partition coefficient (Wildman–Crippen LogP) is 2.96. The molecule has 0 spiro atoms. The number of ether oxygens (including phenoxy) is 1. The molecule has 1 heterocycles. The topological polar surface area (TPSA) is 48.9 Å². The van der Waals surface area contributed by atoms with E-state index in [1.807, 2.05) is 13.8 Å². The Kier molecular flexibility index (Phi) is 11.1. The molecule has 1 aliphatic rings. The van der Waals surface area contributed by atoms with Crippen molar-refractivity contribution in [3.63, 3.8) is 0 Å². The molecule has 2 atom stereocenters. The second-order valence-electron chi connectivity index (χ2n) is 6.67. The van der Waals surface area contributed by atoms with Crippen molar-refractivity contribution in [1.29, 1.82) is 0 Å². The van der Waals surface area contributed by atoms with Gasteiger partial charge in [0.25, 0.3) is 0 Å². The van der Waals surface area contributed by atoms with Crippen LogP contribution >= 0.6 is 24.0 Å². The summed E-state index contributed by atoms with van der Waals surface area (Å²) in [7, 11) is 0. The summed E-state index contributed by atoms with van der Waals surface area (Å²) in [6.45, 7) is 11.6. The summed E-state index contributed by atoms with van der Waals surface area (Å²) in [4.78, 5) is 7.04. The van der Waals surface area contributed by atoms with E-state index in [-0.39, 0.29) is 29.9 Å². The van der Waals surface area contributed by atoms with Crippen LogP contribution < -0.4 is 10.6 Å². The van der Waals surface area contributed by atoms with Gasteiger partial charge in [0.05, 0.1) is 19.8 Å². The van der Waals surface area contributed by atoms with Crippen molar-refractivity contribution in [2.45, 2.75) is 32.7 Å². The molecule has 2 rings (SSSR count). The van der Waals surface area contributed by atoms with E-state index in [4.69, 9.17) is 4.74 Å². The number of benzene rings is 1. The zero-order chi connectivity index (χ0) is 18.9. The van der Waals surface area contributed by atoms with Crippen molar-refractivity contribution in [3.05, 3.63) is 35.4 Å². The minimum absolute atomic E-state index is 0. The van der Waals surface area contributed by atoms with E-state index in [1.165, 1.54) is 12.1 Å². The minimum atomic E-state index is -0.819. The molecule has 1 saturated heterocycles. The standard InChI is InChI=1S/C19H30F2N4O.HI/c1-4-22-19(24-13-15(3)25-7-9-26-10-8-25)23-12-14(2)16-5-6-17(20)18(21)11-16;/h5-6,11,14-15H,4,7-10,12-13H2,1-3H3,(H2,22,23,24);1H. The Morgan fingerprint density at radius 3 is 2.52 bits per heavy atom. The lowest BCUT2D eigenvalue weighted by Crippen LogP contribution is -2.44. The SMILES string of the molecule is CCNC(=NCC(C)N1CCOCC1)NCC(C)c1ccc(F)c(F)c1.I. The van der Waals surface area contributed by atoms with Gasteiger partial charge < -0.3 is 15.4 Å². The maximum absolute atomic E-state index is 13.4. The first kappa shape index (κ1) is 24.0. The maximum atomic E-state index is 13.4. The molecule has 5 nitrogen and oxygen atoms in total. The van der Waals surface area contributed by atoms with E-state index in [9.17, 15) is 8.78 Å². The zero-order valence-corrected chi connectivity index (χ0v) is 18.6. The smallest absolute Gasteiger partial charge is 0.191 e. The van der Waals surface area contributed by atoms with Crippen LogP contribution in [0.2, 0.25) is 0 Å². The highest BCUT2D eigenvalue weighted by Crippen LogP contribution is 2.17. The molecule has 2 N–H and O–H groups in total. The number of nitrogens with one attached hydrogen (secondary N) is 2. The van der Waals surface area contributed by atoms with Gasteiger partial charge in [-0.3, -0.25) is 9.89 Å². The summed E-state index contributed by atoms with van der Waals surface area (Å²) in [6.07, 6.45) is 0. The summed E-state index contributed by atoms with van der Waals surface area (Å²) in [5.41, 5.74) is 0.758. The summed E-state index contributed by atoms with van der Waals surface area (Å²) in [6, 6.07) is 4.39. The van der Waals surface area contributed by atoms with Gasteiger partial charge in [-0.25, -0.2) is 8.78 Å². The highest BCUT2D eigenvalue weighted by molar-refractivity contribution is 14.0. The zero-order valence-electron chi connectivity index (χ0n) is 16.3. The number of rotatable bonds is 7. The molecular weight excluding hydrogens is 465 g/mol. The average Bonchev–Trinajstić information content (AvgIpc) is 2.66. The molecule has 0 saturated carbocycles. The van der Waals surface area contributed by atoms with Gasteiger partial charge >= 0.3 is 0 Å². The fourth-order valence-corrected chi connectivity index (χ4v) is 2.89. The molecule has 1 aromatic carbocycles. The molecule has 154 valence electrons.